The number of carboxylic acid groups (broad SMARTS) is 1. The zero-order chi connectivity index (χ0) is 36.4. The van der Waals surface area contributed by atoms with Crippen molar-refractivity contribution >= 4 is 17.9 Å². The second-order valence-electron chi connectivity index (χ2n) is 14.5. The standard InChI is InChI=1S/C41H75NO7/c1-6-8-10-12-14-16-18-20-22-24-26-28-30-32-40(44)49-37(35-47-34-33-38(41(45)46)42(3,4)5)36-48-39(43)31-29-27-25-23-21-19-17-15-13-11-9-7-2/h15-18,37-38H,6-14,19-36H2,1-5H3/p+1/b17-15-,18-16-. The third kappa shape index (κ3) is 31.5. The lowest BCUT2D eigenvalue weighted by atomic mass is 10.1. The number of ether oxygens (including phenoxy) is 3. The minimum atomic E-state index is -0.878. The number of carbonyl (C=O) groups is 3. The van der Waals surface area contributed by atoms with E-state index in [0.29, 0.717) is 19.3 Å². The van der Waals surface area contributed by atoms with E-state index >= 15 is 0 Å². The van der Waals surface area contributed by atoms with Gasteiger partial charge < -0.3 is 23.8 Å². The normalized spacial score (nSPS) is 13.2. The summed E-state index contributed by atoms with van der Waals surface area (Å²) >= 11 is 0. The van der Waals surface area contributed by atoms with Gasteiger partial charge in [0.2, 0.25) is 0 Å². The van der Waals surface area contributed by atoms with Gasteiger partial charge in [0, 0.05) is 19.3 Å². The highest BCUT2D eigenvalue weighted by molar-refractivity contribution is 5.72. The Balaban J connectivity index is 4.43. The molecule has 0 aliphatic carbocycles. The molecule has 2 atom stereocenters. The number of esters is 2. The van der Waals surface area contributed by atoms with Gasteiger partial charge in [-0.3, -0.25) is 9.59 Å². The lowest BCUT2D eigenvalue weighted by Crippen LogP contribution is -2.50. The van der Waals surface area contributed by atoms with E-state index in [9.17, 15) is 19.5 Å². The Labute approximate surface area is 301 Å². The van der Waals surface area contributed by atoms with Gasteiger partial charge >= 0.3 is 17.9 Å². The number of unbranched alkanes of at least 4 members (excludes halogenated alkanes) is 17. The van der Waals surface area contributed by atoms with Gasteiger partial charge in [0.25, 0.3) is 0 Å². The van der Waals surface area contributed by atoms with Crippen molar-refractivity contribution in [1.82, 2.24) is 0 Å². The molecule has 1 N–H and O–H groups in total. The molecule has 0 amide bonds. The summed E-state index contributed by atoms with van der Waals surface area (Å²) in [5.74, 6) is -1.49. The van der Waals surface area contributed by atoms with Gasteiger partial charge in [0.05, 0.1) is 34.4 Å². The molecule has 0 spiro atoms. The second kappa shape index (κ2) is 33.0. The minimum absolute atomic E-state index is 0.0566. The van der Waals surface area contributed by atoms with Crippen LogP contribution in [0.4, 0.5) is 0 Å². The van der Waals surface area contributed by atoms with Crippen LogP contribution in [0.3, 0.4) is 0 Å². The van der Waals surface area contributed by atoms with E-state index in [1.807, 2.05) is 21.1 Å². The smallest absolute Gasteiger partial charge is 0.362 e. The Kier molecular flexibility index (Phi) is 31.5. The van der Waals surface area contributed by atoms with Gasteiger partial charge in [-0.1, -0.05) is 109 Å². The van der Waals surface area contributed by atoms with E-state index in [0.717, 1.165) is 64.2 Å². The van der Waals surface area contributed by atoms with E-state index in [4.69, 9.17) is 14.2 Å². The van der Waals surface area contributed by atoms with Gasteiger partial charge in [-0.05, 0) is 64.2 Å². The van der Waals surface area contributed by atoms with Crippen molar-refractivity contribution in [1.29, 1.82) is 0 Å². The van der Waals surface area contributed by atoms with E-state index < -0.39 is 18.1 Å². The van der Waals surface area contributed by atoms with Crippen LogP contribution in [0.1, 0.15) is 168 Å². The van der Waals surface area contributed by atoms with Gasteiger partial charge in [-0.2, -0.15) is 0 Å². The van der Waals surface area contributed by atoms with Crippen LogP contribution in [0.5, 0.6) is 0 Å². The van der Waals surface area contributed by atoms with E-state index in [-0.39, 0.29) is 36.2 Å². The van der Waals surface area contributed by atoms with E-state index in [1.165, 1.54) is 70.6 Å². The number of carbonyl (C=O) groups excluding carboxylic acids is 2. The van der Waals surface area contributed by atoms with Gasteiger partial charge in [0.1, 0.15) is 6.61 Å². The zero-order valence-corrected chi connectivity index (χ0v) is 32.4. The molecular weight excluding hydrogens is 618 g/mol. The average molecular weight is 695 g/mol. The first kappa shape index (κ1) is 46.8. The molecule has 0 saturated heterocycles. The topological polar surface area (TPSA) is 99.1 Å². The molecule has 0 bridgehead atoms. The minimum Gasteiger partial charge on any atom is -0.477 e. The Morgan fingerprint density at radius 3 is 1.51 bits per heavy atom. The van der Waals surface area contributed by atoms with Crippen LogP contribution in [0.25, 0.3) is 0 Å². The average Bonchev–Trinajstić information content (AvgIpc) is 3.05. The van der Waals surface area contributed by atoms with Crippen LogP contribution in [-0.4, -0.2) is 80.6 Å². The largest absolute Gasteiger partial charge is 0.477 e. The molecule has 0 aromatic heterocycles. The Hall–Kier alpha value is -2.19. The summed E-state index contributed by atoms with van der Waals surface area (Å²) in [7, 11) is 5.51. The molecule has 49 heavy (non-hydrogen) atoms. The van der Waals surface area contributed by atoms with Crippen LogP contribution in [0.15, 0.2) is 24.3 Å². The summed E-state index contributed by atoms with van der Waals surface area (Å²) in [6.45, 7) is 4.67. The summed E-state index contributed by atoms with van der Waals surface area (Å²) in [5.41, 5.74) is 0. The predicted molar refractivity (Wildman–Crippen MR) is 202 cm³/mol. The number of rotatable bonds is 35. The zero-order valence-electron chi connectivity index (χ0n) is 32.4. The van der Waals surface area contributed by atoms with Crippen molar-refractivity contribution in [2.75, 3.05) is 41.0 Å². The van der Waals surface area contributed by atoms with Crippen LogP contribution in [0, 0.1) is 0 Å². The van der Waals surface area contributed by atoms with Crippen molar-refractivity contribution < 1.29 is 38.2 Å². The number of hydrogen-bond acceptors (Lipinski definition) is 6. The van der Waals surface area contributed by atoms with Gasteiger partial charge in [-0.15, -0.1) is 0 Å². The van der Waals surface area contributed by atoms with Crippen LogP contribution in [-0.2, 0) is 28.6 Å². The fourth-order valence-corrected chi connectivity index (χ4v) is 5.67. The Bertz CT molecular complexity index is 864. The summed E-state index contributed by atoms with van der Waals surface area (Å²) in [6.07, 6.45) is 33.5. The maximum Gasteiger partial charge on any atom is 0.362 e. The second-order valence-corrected chi connectivity index (χ2v) is 14.5. The highest BCUT2D eigenvalue weighted by atomic mass is 16.6. The quantitative estimate of drug-likeness (QED) is 0.0305. The fraction of sp³-hybridized carbons (Fsp3) is 0.829. The summed E-state index contributed by atoms with van der Waals surface area (Å²) in [6, 6.07) is -0.614. The molecule has 2 unspecified atom stereocenters. The molecule has 0 aromatic carbocycles. The Morgan fingerprint density at radius 1 is 0.592 bits per heavy atom. The van der Waals surface area contributed by atoms with Crippen LogP contribution < -0.4 is 0 Å². The number of aliphatic carboxylic acids is 1. The first-order valence-electron chi connectivity index (χ1n) is 19.9. The van der Waals surface area contributed by atoms with Gasteiger partial charge in [-0.25, -0.2) is 4.79 Å². The monoisotopic (exact) mass is 695 g/mol. The molecule has 8 nitrogen and oxygen atoms in total. The molecule has 286 valence electrons. The van der Waals surface area contributed by atoms with Crippen molar-refractivity contribution in [2.24, 2.45) is 0 Å². The maximum absolute atomic E-state index is 12.6. The van der Waals surface area contributed by atoms with Crippen LogP contribution >= 0.6 is 0 Å². The lowest BCUT2D eigenvalue weighted by Gasteiger charge is -2.31. The lowest BCUT2D eigenvalue weighted by molar-refractivity contribution is -0.887. The molecule has 8 heteroatoms. The number of hydrogen-bond donors (Lipinski definition) is 1. The highest BCUT2D eigenvalue weighted by Gasteiger charge is 2.31. The fourth-order valence-electron chi connectivity index (χ4n) is 5.67. The summed E-state index contributed by atoms with van der Waals surface area (Å²) in [5, 5.41) is 9.58. The molecule has 0 saturated carbocycles. The Morgan fingerprint density at radius 2 is 1.02 bits per heavy atom. The van der Waals surface area contributed by atoms with E-state index in [1.54, 1.807) is 0 Å². The third-order valence-corrected chi connectivity index (χ3v) is 8.82. The number of carboxylic acids is 1. The van der Waals surface area contributed by atoms with Crippen molar-refractivity contribution in [3.63, 3.8) is 0 Å². The maximum atomic E-state index is 12.6. The molecule has 0 aliphatic heterocycles. The predicted octanol–water partition coefficient (Wildman–Crippen LogP) is 10.1. The van der Waals surface area contributed by atoms with Crippen molar-refractivity contribution in [3.05, 3.63) is 24.3 Å². The van der Waals surface area contributed by atoms with Crippen molar-refractivity contribution in [2.45, 2.75) is 180 Å². The molecule has 0 fully saturated rings. The number of nitrogens with zero attached hydrogens (tertiary/aromatic N) is 1. The molecule has 0 rings (SSSR count). The first-order valence-corrected chi connectivity index (χ1v) is 19.9. The highest BCUT2D eigenvalue weighted by Crippen LogP contribution is 2.13. The molecule has 0 heterocycles. The van der Waals surface area contributed by atoms with E-state index in [2.05, 4.69) is 38.2 Å². The van der Waals surface area contributed by atoms with Gasteiger partial charge in [0.15, 0.2) is 12.1 Å². The SMILES string of the molecule is CCCCC/C=C\CCCCCCCC(=O)OCC(COCCC(C(=O)O)[N+](C)(C)C)OC(=O)CCCCCCC/C=C\CCCCCC. The third-order valence-electron chi connectivity index (χ3n) is 8.82. The summed E-state index contributed by atoms with van der Waals surface area (Å²) < 4.78 is 17.2. The van der Waals surface area contributed by atoms with Crippen molar-refractivity contribution in [3.8, 4) is 0 Å². The molecular formula is C41H76NO7+. The van der Waals surface area contributed by atoms with Crippen LogP contribution in [0.2, 0.25) is 0 Å². The first-order chi connectivity index (χ1) is 23.6. The molecule has 0 aliphatic rings. The molecule has 0 radical (unpaired) electrons. The number of likely N-dealkylation sites (N-methyl/N-ethyl adjacent to an activating group) is 1. The molecule has 0 aromatic rings. The number of allylic oxidation sites excluding steroid dienone is 4. The number of quaternary nitrogens is 1. The summed E-state index contributed by atoms with van der Waals surface area (Å²) in [4.78, 5) is 36.8.